The molecule has 1 aromatic heterocycles. The Morgan fingerprint density at radius 3 is 2.68 bits per heavy atom. The molecule has 0 spiro atoms. The smallest absolute Gasteiger partial charge is 0.274 e. The minimum absolute atomic E-state index is 0.00210. The van der Waals surface area contributed by atoms with Crippen molar-refractivity contribution in [1.29, 1.82) is 0 Å². The van der Waals surface area contributed by atoms with Crippen LogP contribution in [-0.4, -0.2) is 40.8 Å². The number of hydrogen-bond donors (Lipinski definition) is 1. The van der Waals surface area contributed by atoms with Gasteiger partial charge in [0.1, 0.15) is 5.69 Å². The highest BCUT2D eigenvalue weighted by Gasteiger charge is 2.35. The Bertz CT molecular complexity index is 1400. The quantitative estimate of drug-likeness (QED) is 0.433. The van der Waals surface area contributed by atoms with Crippen LogP contribution in [-0.2, 0) is 11.2 Å². The lowest BCUT2D eigenvalue weighted by atomic mass is 10.0. The summed E-state index contributed by atoms with van der Waals surface area (Å²) < 4.78 is 0. The molecule has 6 rings (SSSR count). The van der Waals surface area contributed by atoms with Gasteiger partial charge in [0.05, 0.1) is 9.88 Å². The summed E-state index contributed by atoms with van der Waals surface area (Å²) in [4.78, 5) is 35.0. The Kier molecular flexibility index (Phi) is 6.45. The molecular weight excluding hydrogens is 478 g/mol. The Balaban J connectivity index is 1.21. The van der Waals surface area contributed by atoms with E-state index in [1.807, 2.05) is 30.0 Å². The van der Waals surface area contributed by atoms with Gasteiger partial charge < -0.3 is 10.2 Å². The van der Waals surface area contributed by atoms with Crippen molar-refractivity contribution in [3.05, 3.63) is 81.5 Å². The van der Waals surface area contributed by atoms with E-state index in [-0.39, 0.29) is 17.9 Å². The number of piperidine rings is 1. The number of nitrogens with one attached hydrogen (secondary N) is 1. The van der Waals surface area contributed by atoms with Crippen molar-refractivity contribution in [3.8, 4) is 10.4 Å². The normalized spacial score (nSPS) is 19.2. The molecule has 1 N–H and O–H groups in total. The Morgan fingerprint density at radius 2 is 1.89 bits per heavy atom. The number of thiazole rings is 1. The van der Waals surface area contributed by atoms with Gasteiger partial charge in [0.15, 0.2) is 0 Å². The summed E-state index contributed by atoms with van der Waals surface area (Å²) in [7, 11) is 0. The molecule has 2 aliphatic carbocycles. The van der Waals surface area contributed by atoms with Gasteiger partial charge in [0, 0.05) is 37.0 Å². The molecule has 2 amide bonds. The van der Waals surface area contributed by atoms with Crippen molar-refractivity contribution in [3.63, 3.8) is 0 Å². The molecule has 1 aliphatic heterocycles. The van der Waals surface area contributed by atoms with Crippen LogP contribution in [0.4, 0.5) is 0 Å². The first kappa shape index (κ1) is 24.1. The van der Waals surface area contributed by atoms with Crippen LogP contribution in [0.25, 0.3) is 16.0 Å². The maximum absolute atomic E-state index is 14.0. The van der Waals surface area contributed by atoms with Crippen LogP contribution >= 0.6 is 11.3 Å². The zero-order valence-corrected chi connectivity index (χ0v) is 22.4. The number of rotatable bonds is 6. The molecule has 0 radical (unpaired) electrons. The highest BCUT2D eigenvalue weighted by Crippen LogP contribution is 2.45. The molecule has 1 saturated heterocycles. The monoisotopic (exact) mass is 511 g/mol. The number of aryl methyl sites for hydroxylation is 1. The van der Waals surface area contributed by atoms with Gasteiger partial charge in [-0.15, -0.1) is 11.3 Å². The fraction of sp³-hybridized carbons (Fsp3) is 0.387. The summed E-state index contributed by atoms with van der Waals surface area (Å²) in [6, 6.07) is 16.6. The summed E-state index contributed by atoms with van der Waals surface area (Å²) in [6.07, 6.45) is 5.92. The van der Waals surface area contributed by atoms with Crippen molar-refractivity contribution in [2.45, 2.75) is 64.3 Å². The van der Waals surface area contributed by atoms with Gasteiger partial charge in [-0.2, -0.15) is 0 Å². The van der Waals surface area contributed by atoms with Gasteiger partial charge >= 0.3 is 0 Å². The second-order valence-corrected chi connectivity index (χ2v) is 11.7. The van der Waals surface area contributed by atoms with Gasteiger partial charge in [0.25, 0.3) is 5.91 Å². The van der Waals surface area contributed by atoms with Crippen LogP contribution < -0.4 is 5.32 Å². The molecular formula is C31H33N3O2S. The van der Waals surface area contributed by atoms with Crippen molar-refractivity contribution in [2.24, 2.45) is 0 Å². The summed E-state index contributed by atoms with van der Waals surface area (Å²) in [5.74, 6) is 0.484. The maximum atomic E-state index is 14.0. The first-order chi connectivity index (χ1) is 18.0. The summed E-state index contributed by atoms with van der Waals surface area (Å²) in [5.41, 5.74) is 7.10. The molecule has 1 atom stereocenters. The fourth-order valence-corrected chi connectivity index (χ4v) is 6.90. The number of aromatic nitrogens is 1. The molecule has 2 fully saturated rings. The first-order valence-electron chi connectivity index (χ1n) is 13.4. The zero-order valence-electron chi connectivity index (χ0n) is 21.5. The number of carbonyl (C=O) groups is 2. The lowest BCUT2D eigenvalue weighted by Crippen LogP contribution is -2.49. The predicted molar refractivity (Wildman–Crippen MR) is 149 cm³/mol. The summed E-state index contributed by atoms with van der Waals surface area (Å²) in [5, 5.41) is 4.26. The van der Waals surface area contributed by atoms with Crippen LogP contribution in [0.3, 0.4) is 0 Å². The molecule has 0 bridgehead atoms. The molecule has 0 unspecified atom stereocenters. The SMILES string of the molecule is CC1=C(C(=O)NC[C@@H]2CCCCN2C(=O)c2nc(C3CC3)sc2-c2cccc(C)c2)Cc2ccccc21. The van der Waals surface area contributed by atoms with E-state index in [9.17, 15) is 9.59 Å². The van der Waals surface area contributed by atoms with Gasteiger partial charge in [-0.1, -0.05) is 54.1 Å². The topological polar surface area (TPSA) is 62.3 Å². The van der Waals surface area contributed by atoms with Crippen molar-refractivity contribution < 1.29 is 9.59 Å². The van der Waals surface area contributed by atoms with Gasteiger partial charge in [-0.05, 0) is 68.2 Å². The van der Waals surface area contributed by atoms with Crippen LogP contribution in [0.5, 0.6) is 0 Å². The highest BCUT2D eigenvalue weighted by molar-refractivity contribution is 7.15. The van der Waals surface area contributed by atoms with E-state index in [1.54, 1.807) is 11.3 Å². The van der Waals surface area contributed by atoms with Crippen LogP contribution in [0.2, 0.25) is 0 Å². The van der Waals surface area contributed by atoms with E-state index in [4.69, 9.17) is 4.98 Å². The van der Waals surface area contributed by atoms with Crippen LogP contribution in [0, 0.1) is 6.92 Å². The highest BCUT2D eigenvalue weighted by atomic mass is 32.1. The lowest BCUT2D eigenvalue weighted by molar-refractivity contribution is -0.117. The third-order valence-corrected chi connectivity index (χ3v) is 9.22. The number of benzene rings is 2. The molecule has 3 aliphatic rings. The van der Waals surface area contributed by atoms with E-state index < -0.39 is 0 Å². The molecule has 3 aromatic rings. The summed E-state index contributed by atoms with van der Waals surface area (Å²) in [6.45, 7) is 5.29. The predicted octanol–water partition coefficient (Wildman–Crippen LogP) is 6.14. The van der Waals surface area contributed by atoms with Gasteiger partial charge in [-0.3, -0.25) is 9.59 Å². The second kappa shape index (κ2) is 9.90. The second-order valence-electron chi connectivity index (χ2n) is 10.7. The average molecular weight is 512 g/mol. The number of carbonyl (C=O) groups excluding carboxylic acids is 2. The van der Waals surface area contributed by atoms with E-state index in [0.717, 1.165) is 58.7 Å². The van der Waals surface area contributed by atoms with E-state index in [1.165, 1.54) is 16.7 Å². The maximum Gasteiger partial charge on any atom is 0.274 e. The number of likely N-dealkylation sites (tertiary alicyclic amines) is 1. The Morgan fingerprint density at radius 1 is 1.05 bits per heavy atom. The average Bonchev–Trinajstić information content (AvgIpc) is 3.58. The standard InChI is InChI=1S/C31H33N3O2S/c1-19-8-7-10-23(16-19)28-27(33-30(37-28)21-13-14-21)31(36)34-15-6-5-11-24(34)18-32-29(35)26-17-22-9-3-4-12-25(22)20(26)2/h3-4,7-10,12,16,21,24H,5-6,11,13-15,17-18H2,1-2H3,(H,32,35)/t24-/m0/s1. The molecule has 6 heteroatoms. The largest absolute Gasteiger partial charge is 0.350 e. The number of hydrogen-bond acceptors (Lipinski definition) is 4. The minimum Gasteiger partial charge on any atom is -0.350 e. The van der Waals surface area contributed by atoms with E-state index in [2.05, 4.69) is 42.6 Å². The number of nitrogens with zero attached hydrogens (tertiary/aromatic N) is 2. The van der Waals surface area contributed by atoms with Crippen molar-refractivity contribution in [1.82, 2.24) is 15.2 Å². The molecule has 1 saturated carbocycles. The third-order valence-electron chi connectivity index (χ3n) is 7.95. The van der Waals surface area contributed by atoms with Gasteiger partial charge in [-0.25, -0.2) is 4.98 Å². The molecule has 2 heterocycles. The van der Waals surface area contributed by atoms with Crippen LogP contribution in [0.1, 0.15) is 77.1 Å². The summed E-state index contributed by atoms with van der Waals surface area (Å²) >= 11 is 1.68. The van der Waals surface area contributed by atoms with E-state index >= 15 is 0 Å². The van der Waals surface area contributed by atoms with Crippen LogP contribution in [0.15, 0.2) is 54.1 Å². The molecule has 190 valence electrons. The third kappa shape index (κ3) is 4.75. The molecule has 2 aromatic carbocycles. The molecule has 37 heavy (non-hydrogen) atoms. The minimum atomic E-state index is -0.0219. The number of allylic oxidation sites excluding steroid dienone is 1. The molecule has 5 nitrogen and oxygen atoms in total. The zero-order chi connectivity index (χ0) is 25.5. The van der Waals surface area contributed by atoms with Crippen molar-refractivity contribution in [2.75, 3.05) is 13.1 Å². The first-order valence-corrected chi connectivity index (χ1v) is 14.3. The van der Waals surface area contributed by atoms with Gasteiger partial charge in [0.2, 0.25) is 5.91 Å². The lowest BCUT2D eigenvalue weighted by Gasteiger charge is -2.35. The Labute approximate surface area is 222 Å². The number of amides is 2. The van der Waals surface area contributed by atoms with E-state index in [0.29, 0.717) is 31.1 Å². The Hall–Kier alpha value is -3.25. The van der Waals surface area contributed by atoms with Crippen molar-refractivity contribution >= 4 is 28.7 Å². The number of fused-ring (bicyclic) bond motifs is 1. The fourth-order valence-electron chi connectivity index (χ4n) is 5.68.